The Balaban J connectivity index is 1.40. The number of piperidine rings is 2. The number of carbonyl (C=O) groups is 1. The van der Waals surface area contributed by atoms with E-state index in [0.29, 0.717) is 0 Å². The van der Waals surface area contributed by atoms with Crippen LogP contribution in [0.2, 0.25) is 0 Å². The number of nitrogens with zero attached hydrogens (tertiary/aromatic N) is 4. The van der Waals surface area contributed by atoms with Gasteiger partial charge in [-0.15, -0.1) is 0 Å². The summed E-state index contributed by atoms with van der Waals surface area (Å²) in [5.41, 5.74) is 0.907. The van der Waals surface area contributed by atoms with Gasteiger partial charge in [0.1, 0.15) is 12.1 Å². The van der Waals surface area contributed by atoms with Crippen molar-refractivity contribution in [1.82, 2.24) is 14.9 Å². The molecule has 2 aromatic rings. The fraction of sp³-hybridized carbons (Fsp3) is 0.526. The number of benzene rings is 1. The molecule has 26 heavy (non-hydrogen) atoms. The van der Waals surface area contributed by atoms with Crippen molar-refractivity contribution in [3.63, 3.8) is 0 Å². The van der Waals surface area contributed by atoms with Crippen LogP contribution in [-0.4, -0.2) is 52.9 Å². The summed E-state index contributed by atoms with van der Waals surface area (Å²) in [5, 5.41) is 1.01. The summed E-state index contributed by atoms with van der Waals surface area (Å²) < 4.78 is 26.6. The number of amides is 1. The first kappa shape index (κ1) is 17.1. The average molecular weight is 360 g/mol. The molecule has 2 aliphatic heterocycles. The third-order valence-corrected chi connectivity index (χ3v) is 5.47. The number of halogens is 2. The molecular formula is C19H22F2N4O. The maximum atomic E-state index is 13.3. The SMILES string of the molecule is O=C(C1CCN(c2ncnc3ccccc23)CC1)N1CCC(F)(F)CC1. The van der Waals surface area contributed by atoms with Crippen molar-refractivity contribution >= 4 is 22.6 Å². The summed E-state index contributed by atoms with van der Waals surface area (Å²) in [6, 6.07) is 7.89. The van der Waals surface area contributed by atoms with Crippen molar-refractivity contribution in [1.29, 1.82) is 0 Å². The van der Waals surface area contributed by atoms with Crippen LogP contribution in [0.3, 0.4) is 0 Å². The zero-order valence-electron chi connectivity index (χ0n) is 14.6. The molecule has 0 bridgehead atoms. The van der Waals surface area contributed by atoms with E-state index < -0.39 is 5.92 Å². The van der Waals surface area contributed by atoms with Gasteiger partial charge in [0.05, 0.1) is 5.52 Å². The van der Waals surface area contributed by atoms with Crippen molar-refractivity contribution in [3.05, 3.63) is 30.6 Å². The van der Waals surface area contributed by atoms with E-state index in [9.17, 15) is 13.6 Å². The number of rotatable bonds is 2. The van der Waals surface area contributed by atoms with Crippen molar-refractivity contribution < 1.29 is 13.6 Å². The van der Waals surface area contributed by atoms with E-state index >= 15 is 0 Å². The highest BCUT2D eigenvalue weighted by Crippen LogP contribution is 2.31. The first-order valence-corrected chi connectivity index (χ1v) is 9.15. The van der Waals surface area contributed by atoms with Gasteiger partial charge >= 0.3 is 0 Å². The Bertz CT molecular complexity index is 790. The Kier molecular flexibility index (Phi) is 4.46. The third-order valence-electron chi connectivity index (χ3n) is 5.47. The van der Waals surface area contributed by atoms with E-state index in [2.05, 4.69) is 14.9 Å². The predicted molar refractivity (Wildman–Crippen MR) is 95.2 cm³/mol. The molecule has 1 aromatic heterocycles. The van der Waals surface area contributed by atoms with Gasteiger partial charge in [0.15, 0.2) is 0 Å². The molecule has 2 fully saturated rings. The average Bonchev–Trinajstić information content (AvgIpc) is 2.67. The Morgan fingerprint density at radius 2 is 1.73 bits per heavy atom. The largest absolute Gasteiger partial charge is 0.356 e. The van der Waals surface area contributed by atoms with Crippen molar-refractivity contribution in [2.75, 3.05) is 31.1 Å². The van der Waals surface area contributed by atoms with E-state index in [4.69, 9.17) is 0 Å². The van der Waals surface area contributed by atoms with Crippen LogP contribution in [0.1, 0.15) is 25.7 Å². The first-order valence-electron chi connectivity index (χ1n) is 9.15. The van der Waals surface area contributed by atoms with Gasteiger partial charge in [0, 0.05) is 50.3 Å². The monoisotopic (exact) mass is 360 g/mol. The van der Waals surface area contributed by atoms with Gasteiger partial charge in [-0.1, -0.05) is 12.1 Å². The minimum Gasteiger partial charge on any atom is -0.356 e. The normalized spacial score (nSPS) is 21.2. The number of anilines is 1. The minimum atomic E-state index is -2.62. The van der Waals surface area contributed by atoms with Crippen LogP contribution in [0.5, 0.6) is 0 Å². The molecule has 0 spiro atoms. The fourth-order valence-corrected chi connectivity index (χ4v) is 3.89. The zero-order valence-corrected chi connectivity index (χ0v) is 14.6. The Labute approximate surface area is 151 Å². The Morgan fingerprint density at radius 1 is 1.04 bits per heavy atom. The number of aromatic nitrogens is 2. The highest BCUT2D eigenvalue weighted by atomic mass is 19.3. The predicted octanol–water partition coefficient (Wildman–Crippen LogP) is 3.10. The lowest BCUT2D eigenvalue weighted by Gasteiger charge is -2.37. The molecule has 0 atom stereocenters. The molecule has 2 aliphatic rings. The molecule has 5 nitrogen and oxygen atoms in total. The number of para-hydroxylation sites is 1. The summed E-state index contributed by atoms with van der Waals surface area (Å²) in [6.45, 7) is 1.81. The summed E-state index contributed by atoms with van der Waals surface area (Å²) in [6.07, 6.45) is 2.59. The van der Waals surface area contributed by atoms with E-state index in [1.165, 1.54) is 0 Å². The van der Waals surface area contributed by atoms with Crippen LogP contribution in [0.4, 0.5) is 14.6 Å². The van der Waals surface area contributed by atoms with Crippen LogP contribution in [0.25, 0.3) is 10.9 Å². The van der Waals surface area contributed by atoms with Crippen LogP contribution in [-0.2, 0) is 4.79 Å². The molecule has 0 unspecified atom stereocenters. The second kappa shape index (κ2) is 6.78. The quantitative estimate of drug-likeness (QED) is 0.826. The first-order chi connectivity index (χ1) is 12.5. The van der Waals surface area contributed by atoms with E-state index in [-0.39, 0.29) is 37.8 Å². The number of hydrogen-bond acceptors (Lipinski definition) is 4. The van der Waals surface area contributed by atoms with Gasteiger partial charge in [-0.2, -0.15) is 0 Å². The maximum Gasteiger partial charge on any atom is 0.251 e. The summed E-state index contributed by atoms with van der Waals surface area (Å²) in [4.78, 5) is 25.2. The molecule has 2 saturated heterocycles. The van der Waals surface area contributed by atoms with Gasteiger partial charge in [0.2, 0.25) is 5.91 Å². The lowest BCUT2D eigenvalue weighted by atomic mass is 9.94. The Morgan fingerprint density at radius 3 is 2.46 bits per heavy atom. The van der Waals surface area contributed by atoms with Gasteiger partial charge in [-0.3, -0.25) is 4.79 Å². The highest BCUT2D eigenvalue weighted by molar-refractivity contribution is 5.89. The van der Waals surface area contributed by atoms with Crippen LogP contribution in [0, 0.1) is 5.92 Å². The molecule has 4 rings (SSSR count). The van der Waals surface area contributed by atoms with E-state index in [0.717, 1.165) is 42.7 Å². The smallest absolute Gasteiger partial charge is 0.251 e. The summed E-state index contributed by atoms with van der Waals surface area (Å²) >= 11 is 0. The van der Waals surface area contributed by atoms with Crippen molar-refractivity contribution in [3.8, 4) is 0 Å². The molecule has 138 valence electrons. The molecule has 0 radical (unpaired) electrons. The third kappa shape index (κ3) is 3.34. The molecule has 0 saturated carbocycles. The maximum absolute atomic E-state index is 13.3. The Hall–Kier alpha value is -2.31. The van der Waals surface area contributed by atoms with Gasteiger partial charge in [-0.25, -0.2) is 18.7 Å². The minimum absolute atomic E-state index is 0.0349. The van der Waals surface area contributed by atoms with E-state index in [1.807, 2.05) is 24.3 Å². The molecule has 7 heteroatoms. The number of alkyl halides is 2. The van der Waals surface area contributed by atoms with E-state index in [1.54, 1.807) is 11.2 Å². The van der Waals surface area contributed by atoms with Crippen molar-refractivity contribution in [2.24, 2.45) is 5.92 Å². The van der Waals surface area contributed by atoms with Gasteiger partial charge in [0.25, 0.3) is 5.92 Å². The topological polar surface area (TPSA) is 49.3 Å². The second-order valence-electron chi connectivity index (χ2n) is 7.16. The number of carbonyl (C=O) groups excluding carboxylic acids is 1. The van der Waals surface area contributed by atoms with Crippen LogP contribution >= 0.6 is 0 Å². The standard InChI is InChI=1S/C19H22F2N4O/c20-19(21)7-11-25(12-8-19)18(26)14-5-9-24(10-6-14)17-15-3-1-2-4-16(15)22-13-23-17/h1-4,13-14H,5-12H2. The molecule has 0 N–H and O–H groups in total. The fourth-order valence-electron chi connectivity index (χ4n) is 3.89. The van der Waals surface area contributed by atoms with Crippen molar-refractivity contribution in [2.45, 2.75) is 31.6 Å². The van der Waals surface area contributed by atoms with Gasteiger partial charge < -0.3 is 9.80 Å². The molecular weight excluding hydrogens is 338 g/mol. The molecule has 3 heterocycles. The van der Waals surface area contributed by atoms with Gasteiger partial charge in [-0.05, 0) is 25.0 Å². The lowest BCUT2D eigenvalue weighted by Crippen LogP contribution is -2.47. The number of fused-ring (bicyclic) bond motifs is 1. The zero-order chi connectivity index (χ0) is 18.1. The molecule has 0 aliphatic carbocycles. The molecule has 1 aromatic carbocycles. The number of hydrogen-bond donors (Lipinski definition) is 0. The highest BCUT2D eigenvalue weighted by Gasteiger charge is 2.38. The molecule has 1 amide bonds. The lowest BCUT2D eigenvalue weighted by molar-refractivity contribution is -0.142. The summed E-state index contributed by atoms with van der Waals surface area (Å²) in [7, 11) is 0. The van der Waals surface area contributed by atoms with Crippen LogP contribution in [0.15, 0.2) is 30.6 Å². The summed E-state index contributed by atoms with van der Waals surface area (Å²) in [5.74, 6) is -1.76. The number of likely N-dealkylation sites (tertiary alicyclic amines) is 1. The second-order valence-corrected chi connectivity index (χ2v) is 7.16. The van der Waals surface area contributed by atoms with Crippen LogP contribution < -0.4 is 4.90 Å².